The topological polar surface area (TPSA) is 0 Å². The number of hydrogen-bond acceptors (Lipinski definition) is 1. The molecule has 53 valence electrons. The molecule has 0 spiro atoms. The van der Waals surface area contributed by atoms with Crippen LogP contribution in [0.15, 0.2) is 12.2 Å². The molecule has 0 nitrogen and oxygen atoms in total. The minimum atomic E-state index is 0. The van der Waals surface area contributed by atoms with Crippen molar-refractivity contribution in [1.29, 1.82) is 0 Å². The van der Waals surface area contributed by atoms with E-state index in [1.165, 1.54) is 5.57 Å². The van der Waals surface area contributed by atoms with Gasteiger partial charge in [-0.25, -0.2) is 0 Å². The molecule has 0 heterocycles. The first-order chi connectivity index (χ1) is 2.73. The smallest absolute Gasteiger partial charge is 0.796 e. The molecule has 0 unspecified atom stereocenters. The summed E-state index contributed by atoms with van der Waals surface area (Å²) in [6.45, 7) is 7.50. The molecule has 0 saturated heterocycles. The van der Waals surface area contributed by atoms with Gasteiger partial charge in [0, 0.05) is 0 Å². The number of hydrogen-bond donors (Lipinski definition) is 0. The molecule has 0 rings (SSSR count). The van der Waals surface area contributed by atoms with Gasteiger partial charge >= 0.3 is 19.5 Å². The molecule has 0 amide bonds. The third-order valence-electron chi connectivity index (χ3n) is 0. The van der Waals surface area contributed by atoms with Gasteiger partial charge in [-0.2, -0.15) is 6.26 Å². The van der Waals surface area contributed by atoms with Crippen molar-refractivity contribution in [2.24, 2.45) is 0 Å². The normalized spacial score (nSPS) is 4.00. The van der Waals surface area contributed by atoms with E-state index >= 15 is 0 Å². The van der Waals surface area contributed by atoms with Crippen LogP contribution in [0.25, 0.3) is 0 Å². The van der Waals surface area contributed by atoms with Crippen LogP contribution in [0.4, 0.5) is 0 Å². The molecule has 0 fully saturated rings. The van der Waals surface area contributed by atoms with E-state index < -0.39 is 0 Å². The van der Waals surface area contributed by atoms with Crippen molar-refractivity contribution >= 4 is 12.6 Å². The molecule has 0 bridgehead atoms. The quantitative estimate of drug-likeness (QED) is 0.343. The summed E-state index contributed by atoms with van der Waals surface area (Å²) in [5, 5.41) is 0. The fraction of sp³-hybridized carbons (Fsp3) is 0.667. The average molecular weight is 220 g/mol. The van der Waals surface area contributed by atoms with Crippen LogP contribution in [-0.2, 0) is 32.1 Å². The second-order valence-electron chi connectivity index (χ2n) is 1.21. The van der Waals surface area contributed by atoms with Gasteiger partial charge < -0.3 is 12.6 Å². The van der Waals surface area contributed by atoms with E-state index in [0.29, 0.717) is 0 Å². The van der Waals surface area contributed by atoms with E-state index in [-0.39, 0.29) is 26.9 Å². The summed E-state index contributed by atoms with van der Waals surface area (Å²) in [6.07, 6.45) is 1.58. The van der Waals surface area contributed by atoms with Crippen LogP contribution in [0, 0.1) is 0 Å². The van der Waals surface area contributed by atoms with E-state index in [2.05, 4.69) is 19.2 Å². The summed E-state index contributed by atoms with van der Waals surface area (Å²) in [6, 6.07) is 0. The standard InChI is InChI=1S/C4H8.CH4S.CH4.Ru/c1-4(2)3;1-2;;/h1H2,2-3H3;2H,1H3;1H4;/q;;;+1/p-1. The van der Waals surface area contributed by atoms with Gasteiger partial charge in [-0.3, -0.25) is 0 Å². The Kier molecular flexibility index (Phi) is 73.5. The largest absolute Gasteiger partial charge is 1.00 e. The zero-order chi connectivity index (χ0) is 5.58. The third kappa shape index (κ3) is 431. The Morgan fingerprint density at radius 3 is 1.25 bits per heavy atom. The monoisotopic (exact) mass is 221 g/mol. The summed E-state index contributed by atoms with van der Waals surface area (Å²) in [5.41, 5.74) is 1.17. The van der Waals surface area contributed by atoms with Crippen molar-refractivity contribution in [2.75, 3.05) is 6.26 Å². The van der Waals surface area contributed by atoms with Crippen LogP contribution in [-0.4, -0.2) is 6.26 Å². The van der Waals surface area contributed by atoms with Crippen molar-refractivity contribution in [3.63, 3.8) is 0 Å². The Morgan fingerprint density at radius 2 is 1.25 bits per heavy atom. The summed E-state index contributed by atoms with van der Waals surface area (Å²) >= 11 is 4.08. The van der Waals surface area contributed by atoms with Gasteiger partial charge in [0.15, 0.2) is 0 Å². The maximum atomic E-state index is 4.08. The van der Waals surface area contributed by atoms with Crippen molar-refractivity contribution in [3.8, 4) is 0 Å². The molecule has 0 atom stereocenters. The molecule has 0 N–H and O–H groups in total. The predicted molar refractivity (Wildman–Crippen MR) is 40.5 cm³/mol. The Labute approximate surface area is 71.9 Å². The first kappa shape index (κ1) is 23.3. The molecule has 0 aliphatic rings. The molecular weight excluding hydrogens is 205 g/mol. The minimum absolute atomic E-state index is 0. The molecular formula is C6H15RuS. The molecule has 0 aliphatic carbocycles. The molecule has 8 heavy (non-hydrogen) atoms. The van der Waals surface area contributed by atoms with Crippen LogP contribution in [0.1, 0.15) is 21.3 Å². The predicted octanol–water partition coefficient (Wildman–Crippen LogP) is 2.38. The van der Waals surface area contributed by atoms with Gasteiger partial charge in [-0.15, -0.1) is 6.58 Å². The molecule has 0 aromatic carbocycles. The SMILES string of the molecule is C.C=C(C)C.C[S-].[Ru+]. The average Bonchev–Trinajstić information content (AvgIpc) is 1.41. The summed E-state index contributed by atoms with van der Waals surface area (Å²) in [5.74, 6) is 0. The van der Waals surface area contributed by atoms with Crippen LogP contribution in [0.5, 0.6) is 0 Å². The fourth-order valence-corrected chi connectivity index (χ4v) is 0. The second kappa shape index (κ2) is 25.2. The third-order valence-corrected chi connectivity index (χ3v) is 0. The van der Waals surface area contributed by atoms with E-state index in [1.807, 2.05) is 13.8 Å². The maximum absolute atomic E-state index is 4.08. The molecule has 0 saturated carbocycles. The van der Waals surface area contributed by atoms with Gasteiger partial charge in [-0.05, 0) is 13.8 Å². The molecule has 0 aliphatic heterocycles. The van der Waals surface area contributed by atoms with E-state index in [0.717, 1.165) is 0 Å². The first-order valence-corrected chi connectivity index (χ1v) is 2.58. The van der Waals surface area contributed by atoms with Gasteiger partial charge in [0.1, 0.15) is 0 Å². The van der Waals surface area contributed by atoms with E-state index in [4.69, 9.17) is 0 Å². The maximum Gasteiger partial charge on any atom is 1.00 e. The zero-order valence-electron chi connectivity index (χ0n) is 4.97. The molecule has 0 aromatic heterocycles. The van der Waals surface area contributed by atoms with Gasteiger partial charge in [0.05, 0.1) is 0 Å². The Hall–Kier alpha value is 0.713. The van der Waals surface area contributed by atoms with E-state index in [9.17, 15) is 0 Å². The van der Waals surface area contributed by atoms with Crippen LogP contribution in [0.3, 0.4) is 0 Å². The molecule has 1 radical (unpaired) electrons. The van der Waals surface area contributed by atoms with Crippen molar-refractivity contribution < 1.29 is 19.5 Å². The number of allylic oxidation sites excluding steroid dienone is 1. The van der Waals surface area contributed by atoms with Crippen molar-refractivity contribution in [3.05, 3.63) is 12.2 Å². The number of rotatable bonds is 0. The van der Waals surface area contributed by atoms with Gasteiger partial charge in [-0.1, -0.05) is 13.0 Å². The van der Waals surface area contributed by atoms with Gasteiger partial charge in [0.25, 0.3) is 0 Å². The van der Waals surface area contributed by atoms with Crippen molar-refractivity contribution in [1.82, 2.24) is 0 Å². The summed E-state index contributed by atoms with van der Waals surface area (Å²) in [4.78, 5) is 0. The van der Waals surface area contributed by atoms with E-state index in [1.54, 1.807) is 6.26 Å². The Balaban J connectivity index is -0.0000000183. The zero-order valence-corrected chi connectivity index (χ0v) is 7.52. The van der Waals surface area contributed by atoms with Crippen molar-refractivity contribution in [2.45, 2.75) is 21.3 Å². The minimum Gasteiger partial charge on any atom is -0.796 e. The Morgan fingerprint density at radius 1 is 1.25 bits per heavy atom. The van der Waals surface area contributed by atoms with Crippen LogP contribution >= 0.6 is 0 Å². The summed E-state index contributed by atoms with van der Waals surface area (Å²) < 4.78 is 0. The van der Waals surface area contributed by atoms with Crippen LogP contribution < -0.4 is 0 Å². The molecule has 0 aromatic rings. The second-order valence-corrected chi connectivity index (χ2v) is 1.21. The summed E-state index contributed by atoms with van der Waals surface area (Å²) in [7, 11) is 0. The first-order valence-electron chi connectivity index (χ1n) is 1.76. The molecule has 2 heteroatoms. The Bertz CT molecular complexity index is 31.5. The van der Waals surface area contributed by atoms with Crippen LogP contribution in [0.2, 0.25) is 0 Å². The fourth-order valence-electron chi connectivity index (χ4n) is 0. The van der Waals surface area contributed by atoms with Gasteiger partial charge in [0.2, 0.25) is 0 Å².